The van der Waals surface area contributed by atoms with Crippen molar-refractivity contribution in [1.82, 2.24) is 14.5 Å². The van der Waals surface area contributed by atoms with E-state index in [1.54, 1.807) is 4.90 Å². The fourth-order valence-electron chi connectivity index (χ4n) is 1.44. The van der Waals surface area contributed by atoms with Crippen molar-refractivity contribution >= 4 is 0 Å². The number of nitrogens with zero attached hydrogens (tertiary/aromatic N) is 3. The fraction of sp³-hybridized carbons (Fsp3) is 0.500. The van der Waals surface area contributed by atoms with Gasteiger partial charge >= 0.3 is 6.18 Å². The lowest BCUT2D eigenvalue weighted by Gasteiger charge is -2.29. The molecule has 0 N–H and O–H groups in total. The summed E-state index contributed by atoms with van der Waals surface area (Å²) in [6.07, 6.45) is -3.29. The van der Waals surface area contributed by atoms with E-state index in [0.29, 0.717) is 25.5 Å². The summed E-state index contributed by atoms with van der Waals surface area (Å²) in [5.74, 6) is 0.429. The van der Waals surface area contributed by atoms with Crippen LogP contribution in [0.15, 0.2) is 6.20 Å². The van der Waals surface area contributed by atoms with Crippen molar-refractivity contribution in [2.24, 2.45) is 0 Å². The molecule has 1 aliphatic rings. The molecule has 0 aromatic carbocycles. The smallest absolute Gasteiger partial charge is 0.434 e. The van der Waals surface area contributed by atoms with E-state index in [0.717, 1.165) is 6.20 Å². The summed E-state index contributed by atoms with van der Waals surface area (Å²) < 4.78 is 38.3. The quantitative estimate of drug-likeness (QED) is 0.597. The van der Waals surface area contributed by atoms with Crippen LogP contribution in [0, 0.1) is 7.05 Å². The molecule has 78 valence electrons. The Balaban J connectivity index is 2.32. The molecular formula is C8H9F3N3-. The number of fused-ring (bicyclic) bond motifs is 1. The highest BCUT2D eigenvalue weighted by Gasteiger charge is 2.35. The molecule has 0 fully saturated rings. The maximum Gasteiger partial charge on any atom is 0.434 e. The third-order valence-electron chi connectivity index (χ3n) is 2.17. The van der Waals surface area contributed by atoms with E-state index in [1.807, 2.05) is 0 Å². The highest BCUT2D eigenvalue weighted by Crippen LogP contribution is 2.29. The van der Waals surface area contributed by atoms with Gasteiger partial charge in [-0.25, -0.2) is 4.98 Å². The van der Waals surface area contributed by atoms with Crippen LogP contribution in [0.4, 0.5) is 13.2 Å². The summed E-state index contributed by atoms with van der Waals surface area (Å²) in [4.78, 5) is 5.23. The molecule has 0 unspecified atom stereocenters. The second kappa shape index (κ2) is 2.98. The van der Waals surface area contributed by atoms with Gasteiger partial charge in [0.05, 0.1) is 0 Å². The highest BCUT2D eigenvalue weighted by molar-refractivity contribution is 5.09. The molecule has 2 rings (SSSR count). The molecule has 1 aromatic heterocycles. The number of alkyl halides is 3. The summed E-state index contributed by atoms with van der Waals surface area (Å²) in [5, 5.41) is 0. The normalized spacial score (nSPS) is 18.3. The molecule has 0 atom stereocenters. The molecule has 3 nitrogen and oxygen atoms in total. The van der Waals surface area contributed by atoms with Crippen LogP contribution in [0.25, 0.3) is 0 Å². The first-order valence-corrected chi connectivity index (χ1v) is 4.15. The molecule has 0 amide bonds. The SMILES string of the molecule is [CH2-]N1CCn2cc(C(F)(F)F)nc2C1. The monoisotopic (exact) mass is 204 g/mol. The molecule has 2 heterocycles. The molecule has 0 saturated carbocycles. The molecule has 0 spiro atoms. The van der Waals surface area contributed by atoms with Gasteiger partial charge in [-0.1, -0.05) is 0 Å². The molecule has 0 saturated heterocycles. The van der Waals surface area contributed by atoms with E-state index in [4.69, 9.17) is 0 Å². The van der Waals surface area contributed by atoms with Crippen molar-refractivity contribution in [3.05, 3.63) is 24.8 Å². The Morgan fingerprint density at radius 1 is 1.36 bits per heavy atom. The van der Waals surface area contributed by atoms with Gasteiger partial charge in [-0.2, -0.15) is 13.2 Å². The largest absolute Gasteiger partial charge is 0.452 e. The van der Waals surface area contributed by atoms with Crippen molar-refractivity contribution in [1.29, 1.82) is 0 Å². The topological polar surface area (TPSA) is 21.1 Å². The lowest BCUT2D eigenvalue weighted by Crippen LogP contribution is -2.28. The van der Waals surface area contributed by atoms with Crippen molar-refractivity contribution < 1.29 is 13.2 Å². The van der Waals surface area contributed by atoms with Gasteiger partial charge in [0.25, 0.3) is 0 Å². The predicted octanol–water partition coefficient (Wildman–Crippen LogP) is 1.51. The van der Waals surface area contributed by atoms with Gasteiger partial charge in [0.1, 0.15) is 5.82 Å². The Morgan fingerprint density at radius 3 is 2.71 bits per heavy atom. The first-order chi connectivity index (χ1) is 6.47. The Morgan fingerprint density at radius 2 is 2.07 bits per heavy atom. The second-order valence-electron chi connectivity index (χ2n) is 3.29. The van der Waals surface area contributed by atoms with Crippen molar-refractivity contribution in [3.63, 3.8) is 0 Å². The minimum atomic E-state index is -4.35. The van der Waals surface area contributed by atoms with Crippen molar-refractivity contribution in [3.8, 4) is 0 Å². The van der Waals surface area contributed by atoms with Gasteiger partial charge < -0.3 is 9.47 Å². The van der Waals surface area contributed by atoms with Gasteiger partial charge in [-0.05, 0) is 6.54 Å². The van der Waals surface area contributed by atoms with Crippen LogP contribution in [0.5, 0.6) is 0 Å². The molecular weight excluding hydrogens is 195 g/mol. The minimum Gasteiger partial charge on any atom is -0.452 e. The molecule has 0 bridgehead atoms. The van der Waals surface area contributed by atoms with Crippen molar-refractivity contribution in [2.45, 2.75) is 19.3 Å². The van der Waals surface area contributed by atoms with E-state index >= 15 is 0 Å². The molecule has 0 radical (unpaired) electrons. The minimum absolute atomic E-state index is 0.371. The third kappa shape index (κ3) is 1.61. The average molecular weight is 204 g/mol. The first kappa shape index (κ1) is 9.51. The summed E-state index contributed by atoms with van der Waals surface area (Å²) >= 11 is 0. The summed E-state index contributed by atoms with van der Waals surface area (Å²) in [7, 11) is 3.67. The van der Waals surface area contributed by atoms with E-state index in [-0.39, 0.29) is 0 Å². The maximum absolute atomic E-state index is 12.3. The van der Waals surface area contributed by atoms with E-state index in [9.17, 15) is 13.2 Å². The molecule has 1 aromatic rings. The predicted molar refractivity (Wildman–Crippen MR) is 43.0 cm³/mol. The second-order valence-corrected chi connectivity index (χ2v) is 3.29. The molecule has 6 heteroatoms. The van der Waals surface area contributed by atoms with Crippen LogP contribution in [0.2, 0.25) is 0 Å². The van der Waals surface area contributed by atoms with E-state index in [1.165, 1.54) is 4.57 Å². The Hall–Kier alpha value is -1.04. The fourth-order valence-corrected chi connectivity index (χ4v) is 1.44. The number of halogens is 3. The number of aromatic nitrogens is 2. The zero-order chi connectivity index (χ0) is 10.3. The van der Waals surface area contributed by atoms with Crippen LogP contribution in [-0.4, -0.2) is 21.0 Å². The van der Waals surface area contributed by atoms with E-state index < -0.39 is 11.9 Å². The average Bonchev–Trinajstić information content (AvgIpc) is 2.45. The van der Waals surface area contributed by atoms with Crippen molar-refractivity contribution in [2.75, 3.05) is 6.54 Å². The summed E-state index contributed by atoms with van der Waals surface area (Å²) in [6.45, 7) is 1.54. The number of rotatable bonds is 0. The maximum atomic E-state index is 12.3. The van der Waals surface area contributed by atoms with Crippen LogP contribution >= 0.6 is 0 Å². The van der Waals surface area contributed by atoms with Gasteiger partial charge in [0.2, 0.25) is 0 Å². The lowest BCUT2D eigenvalue weighted by atomic mass is 10.4. The zero-order valence-corrected chi connectivity index (χ0v) is 7.38. The van der Waals surface area contributed by atoms with E-state index in [2.05, 4.69) is 12.0 Å². The van der Waals surface area contributed by atoms with Gasteiger partial charge in [0, 0.05) is 19.3 Å². The molecule has 14 heavy (non-hydrogen) atoms. The van der Waals surface area contributed by atoms with Crippen LogP contribution < -0.4 is 0 Å². The Labute approximate surface area is 79.1 Å². The van der Waals surface area contributed by atoms with Gasteiger partial charge in [-0.15, -0.1) is 0 Å². The standard InChI is InChI=1S/C8H9F3N3/c1-13-2-3-14-4-6(8(9,10)11)12-7(14)5-13/h4H,1-3,5H2/q-1. The Kier molecular flexibility index (Phi) is 2.02. The van der Waals surface area contributed by atoms with Gasteiger partial charge in [0.15, 0.2) is 5.69 Å². The number of imidazole rings is 1. The number of hydrogen-bond acceptors (Lipinski definition) is 2. The lowest BCUT2D eigenvalue weighted by molar-refractivity contribution is -0.141. The summed E-state index contributed by atoms with van der Waals surface area (Å²) in [6, 6.07) is 0. The first-order valence-electron chi connectivity index (χ1n) is 4.15. The summed E-state index contributed by atoms with van der Waals surface area (Å²) in [5.41, 5.74) is -0.817. The third-order valence-corrected chi connectivity index (χ3v) is 2.17. The molecule has 0 aliphatic carbocycles. The van der Waals surface area contributed by atoms with Crippen LogP contribution in [-0.2, 0) is 19.3 Å². The van der Waals surface area contributed by atoms with Crippen LogP contribution in [0.1, 0.15) is 11.5 Å². The number of hydrogen-bond donors (Lipinski definition) is 0. The highest BCUT2D eigenvalue weighted by atomic mass is 19.4. The van der Waals surface area contributed by atoms with Gasteiger partial charge in [-0.3, -0.25) is 7.05 Å². The Bertz CT molecular complexity index is 342. The zero-order valence-electron chi connectivity index (χ0n) is 7.38. The molecule has 1 aliphatic heterocycles. The van der Waals surface area contributed by atoms with Crippen LogP contribution in [0.3, 0.4) is 0 Å².